The fourth-order valence-corrected chi connectivity index (χ4v) is 3.37. The molecule has 3 rings (SSSR count). The fraction of sp³-hybridized carbons (Fsp3) is 0.611. The van der Waals surface area contributed by atoms with E-state index in [-0.39, 0.29) is 6.09 Å². The number of piperidine rings is 1. The molecule has 0 saturated carbocycles. The van der Waals surface area contributed by atoms with Crippen LogP contribution in [0.15, 0.2) is 24.3 Å². The van der Waals surface area contributed by atoms with E-state index in [0.717, 1.165) is 39.0 Å². The maximum atomic E-state index is 12.2. The van der Waals surface area contributed by atoms with Gasteiger partial charge in [-0.1, -0.05) is 12.1 Å². The number of nitrogens with one attached hydrogen (secondary N) is 1. The zero-order chi connectivity index (χ0) is 16.4. The molecule has 0 unspecified atom stereocenters. The Hall–Kier alpha value is -1.91. The highest BCUT2D eigenvalue weighted by Crippen LogP contribution is 2.32. The molecule has 1 aromatic carbocycles. The number of benzene rings is 1. The number of hydrogen-bond acceptors (Lipinski definition) is 4. The third kappa shape index (κ3) is 3.71. The summed E-state index contributed by atoms with van der Waals surface area (Å²) < 4.78 is 5.48. The molecule has 5 heteroatoms. The van der Waals surface area contributed by atoms with E-state index >= 15 is 0 Å². The van der Waals surface area contributed by atoms with E-state index in [1.54, 1.807) is 0 Å². The number of rotatable bonds is 1. The Morgan fingerprint density at radius 2 is 1.87 bits per heavy atom. The molecule has 0 atom stereocenters. The van der Waals surface area contributed by atoms with Gasteiger partial charge in [0.1, 0.15) is 5.60 Å². The van der Waals surface area contributed by atoms with Crippen LogP contribution < -0.4 is 10.2 Å². The Morgan fingerprint density at radius 1 is 1.17 bits per heavy atom. The van der Waals surface area contributed by atoms with E-state index < -0.39 is 5.60 Å². The average molecular weight is 317 g/mol. The number of amides is 1. The first-order chi connectivity index (χ1) is 10.9. The Bertz CT molecular complexity index is 560. The predicted molar refractivity (Wildman–Crippen MR) is 93.1 cm³/mol. The molecule has 23 heavy (non-hydrogen) atoms. The van der Waals surface area contributed by atoms with E-state index in [0.29, 0.717) is 6.04 Å². The summed E-state index contributed by atoms with van der Waals surface area (Å²) in [4.78, 5) is 16.5. The highest BCUT2D eigenvalue weighted by atomic mass is 16.6. The summed E-state index contributed by atoms with van der Waals surface area (Å²) >= 11 is 0. The first kappa shape index (κ1) is 16.0. The Kier molecular flexibility index (Phi) is 4.37. The third-order valence-corrected chi connectivity index (χ3v) is 4.44. The minimum Gasteiger partial charge on any atom is -0.444 e. The number of hydrogen-bond donors (Lipinski definition) is 1. The van der Waals surface area contributed by atoms with Gasteiger partial charge in [-0.2, -0.15) is 0 Å². The van der Waals surface area contributed by atoms with Gasteiger partial charge in [-0.15, -0.1) is 0 Å². The van der Waals surface area contributed by atoms with Crippen LogP contribution in [0.25, 0.3) is 0 Å². The van der Waals surface area contributed by atoms with Crippen molar-refractivity contribution in [3.8, 4) is 0 Å². The fourth-order valence-electron chi connectivity index (χ4n) is 3.37. The van der Waals surface area contributed by atoms with Crippen molar-refractivity contribution in [2.24, 2.45) is 0 Å². The molecule has 2 aliphatic heterocycles. The number of fused-ring (bicyclic) bond motifs is 1. The molecule has 2 aliphatic rings. The summed E-state index contributed by atoms with van der Waals surface area (Å²) in [5, 5.41) is 3.46. The highest BCUT2D eigenvalue weighted by Gasteiger charge is 2.31. The van der Waals surface area contributed by atoms with Crippen molar-refractivity contribution in [1.29, 1.82) is 0 Å². The molecule has 1 N–H and O–H groups in total. The van der Waals surface area contributed by atoms with Crippen molar-refractivity contribution in [2.45, 2.75) is 45.3 Å². The zero-order valence-corrected chi connectivity index (χ0v) is 14.3. The highest BCUT2D eigenvalue weighted by molar-refractivity contribution is 5.72. The summed E-state index contributed by atoms with van der Waals surface area (Å²) in [5.41, 5.74) is 2.08. The van der Waals surface area contributed by atoms with Crippen LogP contribution in [0.1, 0.15) is 33.6 Å². The Morgan fingerprint density at radius 3 is 2.57 bits per heavy atom. The predicted octanol–water partition coefficient (Wildman–Crippen LogP) is 3.32. The molecule has 126 valence electrons. The number of ether oxygens (including phenoxy) is 1. The maximum absolute atomic E-state index is 12.2. The molecule has 1 aromatic rings. The maximum Gasteiger partial charge on any atom is 0.410 e. The molecule has 0 spiro atoms. The summed E-state index contributed by atoms with van der Waals surface area (Å²) in [6.07, 6.45) is 1.80. The third-order valence-electron chi connectivity index (χ3n) is 4.44. The van der Waals surface area contributed by atoms with E-state index in [9.17, 15) is 4.79 Å². The molecule has 1 fully saturated rings. The minimum absolute atomic E-state index is 0.184. The first-order valence-electron chi connectivity index (χ1n) is 8.51. The topological polar surface area (TPSA) is 44.8 Å². The second-order valence-electron chi connectivity index (χ2n) is 7.34. The first-order valence-corrected chi connectivity index (χ1v) is 8.51. The van der Waals surface area contributed by atoms with E-state index in [4.69, 9.17) is 4.74 Å². The van der Waals surface area contributed by atoms with Gasteiger partial charge in [0, 0.05) is 32.2 Å². The smallest absolute Gasteiger partial charge is 0.410 e. The molecule has 0 aromatic heterocycles. The summed E-state index contributed by atoms with van der Waals surface area (Å²) in [6, 6.07) is 8.98. The van der Waals surface area contributed by atoms with Crippen LogP contribution in [0.4, 0.5) is 16.2 Å². The SMILES string of the molecule is CC(C)(C)OC(=O)N1CCC(N2CCNc3ccccc32)CC1. The zero-order valence-electron chi connectivity index (χ0n) is 14.3. The van der Waals surface area contributed by atoms with Gasteiger partial charge < -0.3 is 19.9 Å². The number of carbonyl (C=O) groups excluding carboxylic acids is 1. The van der Waals surface area contributed by atoms with Crippen LogP contribution in [0.5, 0.6) is 0 Å². The second kappa shape index (κ2) is 6.30. The van der Waals surface area contributed by atoms with Gasteiger partial charge in [-0.05, 0) is 45.7 Å². The van der Waals surface area contributed by atoms with Gasteiger partial charge >= 0.3 is 6.09 Å². The molecule has 0 bridgehead atoms. The number of nitrogens with zero attached hydrogens (tertiary/aromatic N) is 2. The standard InChI is InChI=1S/C18H27N3O2/c1-18(2,3)23-17(22)20-11-8-14(9-12-20)21-13-10-19-15-6-4-5-7-16(15)21/h4-7,14,19H,8-13H2,1-3H3. The summed E-state index contributed by atoms with van der Waals surface area (Å²) in [7, 11) is 0. The number of likely N-dealkylation sites (tertiary alicyclic amines) is 1. The Labute approximate surface area is 138 Å². The van der Waals surface area contributed by atoms with E-state index in [2.05, 4.69) is 34.5 Å². The summed E-state index contributed by atoms with van der Waals surface area (Å²) in [6.45, 7) is 9.27. The second-order valence-corrected chi connectivity index (χ2v) is 7.34. The molecular weight excluding hydrogens is 290 g/mol. The summed E-state index contributed by atoms with van der Waals surface area (Å²) in [5.74, 6) is 0. The van der Waals surface area contributed by atoms with Gasteiger partial charge in [-0.25, -0.2) is 4.79 Å². The van der Waals surface area contributed by atoms with Crippen molar-refractivity contribution < 1.29 is 9.53 Å². The molecule has 1 saturated heterocycles. The van der Waals surface area contributed by atoms with Crippen molar-refractivity contribution in [2.75, 3.05) is 36.4 Å². The van der Waals surface area contributed by atoms with Gasteiger partial charge in [0.05, 0.1) is 11.4 Å². The van der Waals surface area contributed by atoms with E-state index in [1.165, 1.54) is 11.4 Å². The van der Waals surface area contributed by atoms with E-state index in [1.807, 2.05) is 25.7 Å². The Balaban J connectivity index is 1.61. The van der Waals surface area contributed by atoms with Crippen molar-refractivity contribution in [3.05, 3.63) is 24.3 Å². The minimum atomic E-state index is -0.425. The molecule has 2 heterocycles. The number of para-hydroxylation sites is 2. The average Bonchev–Trinajstić information content (AvgIpc) is 2.53. The van der Waals surface area contributed by atoms with Crippen LogP contribution >= 0.6 is 0 Å². The van der Waals surface area contributed by atoms with Crippen LogP contribution in [0.2, 0.25) is 0 Å². The lowest BCUT2D eigenvalue weighted by atomic mass is 10.0. The number of anilines is 2. The van der Waals surface area contributed by atoms with Gasteiger partial charge in [-0.3, -0.25) is 0 Å². The van der Waals surface area contributed by atoms with Crippen molar-refractivity contribution >= 4 is 17.5 Å². The quantitative estimate of drug-likeness (QED) is 0.863. The van der Waals surface area contributed by atoms with Crippen LogP contribution in [0.3, 0.4) is 0 Å². The van der Waals surface area contributed by atoms with Crippen LogP contribution in [-0.2, 0) is 4.74 Å². The molecular formula is C18H27N3O2. The monoisotopic (exact) mass is 317 g/mol. The lowest BCUT2D eigenvalue weighted by molar-refractivity contribution is 0.0204. The van der Waals surface area contributed by atoms with Crippen LogP contribution in [0, 0.1) is 0 Å². The molecule has 1 amide bonds. The number of carbonyl (C=O) groups is 1. The lowest BCUT2D eigenvalue weighted by Crippen LogP contribution is -2.50. The van der Waals surface area contributed by atoms with Crippen LogP contribution in [-0.4, -0.2) is 48.8 Å². The van der Waals surface area contributed by atoms with Crippen molar-refractivity contribution in [1.82, 2.24) is 4.90 Å². The largest absolute Gasteiger partial charge is 0.444 e. The molecule has 0 radical (unpaired) electrons. The van der Waals surface area contributed by atoms with Gasteiger partial charge in [0.2, 0.25) is 0 Å². The normalized spacial score (nSPS) is 19.1. The van der Waals surface area contributed by atoms with Crippen molar-refractivity contribution in [3.63, 3.8) is 0 Å². The van der Waals surface area contributed by atoms with Gasteiger partial charge in [0.15, 0.2) is 0 Å². The van der Waals surface area contributed by atoms with Gasteiger partial charge in [0.25, 0.3) is 0 Å². The lowest BCUT2D eigenvalue weighted by Gasteiger charge is -2.42. The molecule has 0 aliphatic carbocycles. The molecule has 5 nitrogen and oxygen atoms in total.